The van der Waals surface area contributed by atoms with Crippen LogP contribution in [0.25, 0.3) is 0 Å². The number of ether oxygens (including phenoxy) is 3. The Kier molecular flexibility index (Phi) is 9.16. The SMILES string of the molecule is CCOc1cc(C=NNC(=O)C(=O)Nc2ccc(CC)cc2)ccc1OC(=O)c1ccc(OC)cc1. The minimum absolute atomic E-state index is 0.229. The number of methoxy groups -OCH3 is 1. The van der Waals surface area contributed by atoms with Gasteiger partial charge in [-0.15, -0.1) is 0 Å². The van der Waals surface area contributed by atoms with Gasteiger partial charge in [-0.2, -0.15) is 5.10 Å². The highest BCUT2D eigenvalue weighted by Gasteiger charge is 2.15. The zero-order chi connectivity index (χ0) is 25.9. The van der Waals surface area contributed by atoms with Crippen molar-refractivity contribution in [3.8, 4) is 17.2 Å². The van der Waals surface area contributed by atoms with Crippen molar-refractivity contribution in [3.05, 3.63) is 83.4 Å². The molecular formula is C27H27N3O6. The molecule has 0 saturated heterocycles. The summed E-state index contributed by atoms with van der Waals surface area (Å²) in [6, 6.07) is 18.5. The summed E-state index contributed by atoms with van der Waals surface area (Å²) in [7, 11) is 1.54. The van der Waals surface area contributed by atoms with Crippen LogP contribution in [0.1, 0.15) is 35.3 Å². The Morgan fingerprint density at radius 2 is 1.61 bits per heavy atom. The number of anilines is 1. The van der Waals surface area contributed by atoms with E-state index in [-0.39, 0.29) is 5.75 Å². The van der Waals surface area contributed by atoms with E-state index in [0.29, 0.717) is 34.9 Å². The smallest absolute Gasteiger partial charge is 0.343 e. The van der Waals surface area contributed by atoms with Crippen molar-refractivity contribution in [1.82, 2.24) is 5.43 Å². The zero-order valence-corrected chi connectivity index (χ0v) is 20.2. The van der Waals surface area contributed by atoms with Crippen LogP contribution in [0.2, 0.25) is 0 Å². The fourth-order valence-corrected chi connectivity index (χ4v) is 3.07. The zero-order valence-electron chi connectivity index (χ0n) is 20.2. The third kappa shape index (κ3) is 7.17. The number of rotatable bonds is 9. The maximum atomic E-state index is 12.5. The highest BCUT2D eigenvalue weighted by molar-refractivity contribution is 6.39. The molecule has 3 aromatic rings. The quantitative estimate of drug-likeness (QED) is 0.155. The number of aryl methyl sites for hydroxylation is 1. The minimum atomic E-state index is -0.916. The molecular weight excluding hydrogens is 462 g/mol. The molecule has 0 fully saturated rings. The standard InChI is InChI=1S/C27H27N3O6/c1-4-18-6-11-21(12-7-18)29-25(31)26(32)30-28-17-19-8-15-23(24(16-19)35-5-2)36-27(33)20-9-13-22(34-3)14-10-20/h6-17H,4-5H2,1-3H3,(H,29,31)(H,30,32). The van der Waals surface area contributed by atoms with E-state index >= 15 is 0 Å². The lowest BCUT2D eigenvalue weighted by Gasteiger charge is -2.11. The summed E-state index contributed by atoms with van der Waals surface area (Å²) in [5.74, 6) is -1.13. The van der Waals surface area contributed by atoms with Gasteiger partial charge >= 0.3 is 17.8 Å². The Labute approximate surface area is 209 Å². The molecule has 2 amide bonds. The number of hydrogen-bond donors (Lipinski definition) is 2. The number of hydrazone groups is 1. The number of amides is 2. The molecule has 0 aliphatic carbocycles. The molecule has 0 saturated carbocycles. The Morgan fingerprint density at radius 1 is 0.889 bits per heavy atom. The van der Waals surface area contributed by atoms with Gasteiger partial charge in [0.05, 0.1) is 25.5 Å². The lowest BCUT2D eigenvalue weighted by molar-refractivity contribution is -0.136. The average molecular weight is 490 g/mol. The first-order chi connectivity index (χ1) is 17.4. The molecule has 0 atom stereocenters. The fourth-order valence-electron chi connectivity index (χ4n) is 3.07. The molecule has 9 heteroatoms. The second-order valence-electron chi connectivity index (χ2n) is 7.46. The van der Waals surface area contributed by atoms with E-state index in [4.69, 9.17) is 14.2 Å². The molecule has 0 radical (unpaired) electrons. The van der Waals surface area contributed by atoms with E-state index in [1.807, 2.05) is 19.1 Å². The van der Waals surface area contributed by atoms with Crippen LogP contribution in [0.15, 0.2) is 71.8 Å². The van der Waals surface area contributed by atoms with Crippen molar-refractivity contribution in [3.63, 3.8) is 0 Å². The molecule has 0 unspecified atom stereocenters. The summed E-state index contributed by atoms with van der Waals surface area (Å²) in [5.41, 5.74) is 4.72. The number of esters is 1. The van der Waals surface area contributed by atoms with E-state index in [1.54, 1.807) is 68.6 Å². The Bertz CT molecular complexity index is 1240. The molecule has 0 aliphatic rings. The van der Waals surface area contributed by atoms with E-state index < -0.39 is 17.8 Å². The first kappa shape index (κ1) is 26.0. The second-order valence-corrected chi connectivity index (χ2v) is 7.46. The third-order valence-electron chi connectivity index (χ3n) is 5.00. The van der Waals surface area contributed by atoms with E-state index in [9.17, 15) is 14.4 Å². The predicted molar refractivity (Wildman–Crippen MR) is 136 cm³/mol. The summed E-state index contributed by atoms with van der Waals surface area (Å²) in [6.07, 6.45) is 2.22. The second kappa shape index (κ2) is 12.7. The lowest BCUT2D eigenvalue weighted by atomic mass is 10.1. The average Bonchev–Trinajstić information content (AvgIpc) is 2.90. The fraction of sp³-hybridized carbons (Fsp3) is 0.185. The molecule has 36 heavy (non-hydrogen) atoms. The molecule has 3 rings (SSSR count). The molecule has 0 bridgehead atoms. The van der Waals surface area contributed by atoms with Crippen LogP contribution in [0.5, 0.6) is 17.2 Å². The van der Waals surface area contributed by atoms with Gasteiger partial charge in [0.2, 0.25) is 0 Å². The van der Waals surface area contributed by atoms with Crippen molar-refractivity contribution in [2.75, 3.05) is 19.0 Å². The molecule has 0 aliphatic heterocycles. The van der Waals surface area contributed by atoms with Crippen LogP contribution >= 0.6 is 0 Å². The van der Waals surface area contributed by atoms with Crippen molar-refractivity contribution < 1.29 is 28.6 Å². The van der Waals surface area contributed by atoms with Gasteiger partial charge in [0.1, 0.15) is 5.75 Å². The third-order valence-corrected chi connectivity index (χ3v) is 5.00. The van der Waals surface area contributed by atoms with Gasteiger partial charge in [-0.1, -0.05) is 19.1 Å². The highest BCUT2D eigenvalue weighted by atomic mass is 16.6. The van der Waals surface area contributed by atoms with Gasteiger partial charge in [0, 0.05) is 5.69 Å². The predicted octanol–water partition coefficient (Wildman–Crippen LogP) is 3.96. The van der Waals surface area contributed by atoms with Gasteiger partial charge in [-0.3, -0.25) is 9.59 Å². The van der Waals surface area contributed by atoms with Crippen LogP contribution in [0.4, 0.5) is 5.69 Å². The first-order valence-electron chi connectivity index (χ1n) is 11.3. The summed E-state index contributed by atoms with van der Waals surface area (Å²) < 4.78 is 16.2. The normalized spacial score (nSPS) is 10.5. The molecule has 0 spiro atoms. The largest absolute Gasteiger partial charge is 0.497 e. The van der Waals surface area contributed by atoms with Gasteiger partial charge in [-0.25, -0.2) is 10.2 Å². The Hall–Kier alpha value is -4.66. The molecule has 3 aromatic carbocycles. The van der Waals surface area contributed by atoms with Crippen LogP contribution in [-0.4, -0.2) is 37.7 Å². The molecule has 186 valence electrons. The topological polar surface area (TPSA) is 115 Å². The van der Waals surface area contributed by atoms with Crippen LogP contribution < -0.4 is 25.0 Å². The summed E-state index contributed by atoms with van der Waals surface area (Å²) >= 11 is 0. The Morgan fingerprint density at radius 3 is 2.25 bits per heavy atom. The van der Waals surface area contributed by atoms with Gasteiger partial charge in [0.15, 0.2) is 11.5 Å². The van der Waals surface area contributed by atoms with Gasteiger partial charge in [0.25, 0.3) is 0 Å². The summed E-state index contributed by atoms with van der Waals surface area (Å²) in [4.78, 5) is 36.6. The number of nitrogens with zero attached hydrogens (tertiary/aromatic N) is 1. The minimum Gasteiger partial charge on any atom is -0.497 e. The van der Waals surface area contributed by atoms with E-state index in [1.165, 1.54) is 6.21 Å². The number of carbonyl (C=O) groups excluding carboxylic acids is 3. The summed E-state index contributed by atoms with van der Waals surface area (Å²) in [5, 5.41) is 6.34. The molecule has 0 heterocycles. The number of benzene rings is 3. The maximum absolute atomic E-state index is 12.5. The monoisotopic (exact) mass is 489 g/mol. The maximum Gasteiger partial charge on any atom is 0.343 e. The highest BCUT2D eigenvalue weighted by Crippen LogP contribution is 2.29. The van der Waals surface area contributed by atoms with Crippen LogP contribution in [0.3, 0.4) is 0 Å². The van der Waals surface area contributed by atoms with E-state index in [2.05, 4.69) is 15.8 Å². The lowest BCUT2D eigenvalue weighted by Crippen LogP contribution is -2.32. The van der Waals surface area contributed by atoms with E-state index in [0.717, 1.165) is 12.0 Å². The first-order valence-corrected chi connectivity index (χ1v) is 11.3. The number of hydrogen-bond acceptors (Lipinski definition) is 7. The van der Waals surface area contributed by atoms with Crippen molar-refractivity contribution >= 4 is 29.7 Å². The summed E-state index contributed by atoms with van der Waals surface area (Å²) in [6.45, 7) is 4.16. The number of nitrogens with one attached hydrogen (secondary N) is 2. The van der Waals surface area contributed by atoms with Gasteiger partial charge < -0.3 is 19.5 Å². The van der Waals surface area contributed by atoms with Crippen LogP contribution in [0, 0.1) is 0 Å². The van der Waals surface area contributed by atoms with Crippen molar-refractivity contribution in [2.45, 2.75) is 20.3 Å². The Balaban J connectivity index is 1.61. The number of carbonyl (C=O) groups is 3. The van der Waals surface area contributed by atoms with Crippen molar-refractivity contribution in [1.29, 1.82) is 0 Å². The molecule has 2 N–H and O–H groups in total. The van der Waals surface area contributed by atoms with Crippen LogP contribution in [-0.2, 0) is 16.0 Å². The van der Waals surface area contributed by atoms with Gasteiger partial charge in [-0.05, 0) is 79.1 Å². The molecule has 0 aromatic heterocycles. The van der Waals surface area contributed by atoms with Crippen molar-refractivity contribution in [2.24, 2.45) is 5.10 Å². The molecule has 9 nitrogen and oxygen atoms in total.